The van der Waals surface area contributed by atoms with Crippen LogP contribution in [0.1, 0.15) is 76.3 Å². The minimum atomic E-state index is -3.71. The number of halogens is 1. The van der Waals surface area contributed by atoms with Crippen LogP contribution in [0.5, 0.6) is 5.75 Å². The molecule has 4 rings (SSSR count). The van der Waals surface area contributed by atoms with E-state index in [1.807, 2.05) is 18.2 Å². The van der Waals surface area contributed by atoms with E-state index in [1.165, 1.54) is 13.0 Å². The summed E-state index contributed by atoms with van der Waals surface area (Å²) in [6.45, 7) is 4.84. The van der Waals surface area contributed by atoms with Crippen molar-refractivity contribution in [3.05, 3.63) is 53.3 Å². The van der Waals surface area contributed by atoms with Crippen LogP contribution in [0.15, 0.2) is 36.4 Å². The van der Waals surface area contributed by atoms with Crippen molar-refractivity contribution in [2.75, 3.05) is 5.75 Å². The van der Waals surface area contributed by atoms with Crippen LogP contribution in [-0.4, -0.2) is 32.2 Å². The van der Waals surface area contributed by atoms with E-state index in [1.54, 1.807) is 26.0 Å². The Morgan fingerprint density at radius 1 is 1.14 bits per heavy atom. The van der Waals surface area contributed by atoms with Gasteiger partial charge in [-0.15, -0.1) is 0 Å². The number of nitrogens with two attached hydrogens (primary N) is 1. The highest BCUT2D eigenvalue weighted by atomic mass is 32.2. The van der Waals surface area contributed by atoms with Crippen molar-refractivity contribution in [2.24, 2.45) is 5.73 Å². The van der Waals surface area contributed by atoms with E-state index in [2.05, 4.69) is 4.72 Å². The van der Waals surface area contributed by atoms with Crippen LogP contribution >= 0.6 is 0 Å². The molecule has 0 aromatic heterocycles. The topological polar surface area (TPSA) is 98.5 Å². The maximum absolute atomic E-state index is 15.1. The van der Waals surface area contributed by atoms with Gasteiger partial charge in [-0.1, -0.05) is 24.6 Å². The summed E-state index contributed by atoms with van der Waals surface area (Å²) in [6.07, 6.45) is 5.41. The normalized spacial score (nSPS) is 20.9. The molecule has 3 N–H and O–H groups in total. The monoisotopic (exact) mass is 502 g/mol. The molecular weight excluding hydrogens is 467 g/mol. The zero-order valence-corrected chi connectivity index (χ0v) is 21.5. The third-order valence-corrected chi connectivity index (χ3v) is 8.73. The second-order valence-electron chi connectivity index (χ2n) is 10.3. The van der Waals surface area contributed by atoms with E-state index in [0.29, 0.717) is 22.4 Å². The molecule has 190 valence electrons. The number of benzene rings is 2. The first-order chi connectivity index (χ1) is 16.5. The summed E-state index contributed by atoms with van der Waals surface area (Å²) in [5.74, 6) is -0.272. The van der Waals surface area contributed by atoms with Crippen molar-refractivity contribution in [3.8, 4) is 16.9 Å². The van der Waals surface area contributed by atoms with Crippen molar-refractivity contribution >= 4 is 15.9 Å². The summed E-state index contributed by atoms with van der Waals surface area (Å²) in [4.78, 5) is 13.0. The Labute approximate surface area is 207 Å². The molecular formula is C27H35FN2O4S. The zero-order valence-electron chi connectivity index (χ0n) is 20.6. The molecule has 1 amide bonds. The summed E-state index contributed by atoms with van der Waals surface area (Å²) in [5.41, 5.74) is 7.72. The van der Waals surface area contributed by atoms with E-state index in [9.17, 15) is 13.2 Å². The van der Waals surface area contributed by atoms with Gasteiger partial charge >= 0.3 is 0 Å². The molecule has 2 aromatic carbocycles. The van der Waals surface area contributed by atoms with Gasteiger partial charge in [-0.05, 0) is 93.7 Å². The Bertz CT molecular complexity index is 1210. The SMILES string of the molecule is CCS(=O)(=O)NC(=O)C(C)(C)c1ccc(O[C@@H]2CC[C@@H](N)C2)c(-c2cccc(F)c2C2CCC2)c1. The summed E-state index contributed by atoms with van der Waals surface area (Å²) < 4.78 is 47.7. The van der Waals surface area contributed by atoms with Gasteiger partial charge in [0.1, 0.15) is 17.7 Å². The predicted molar refractivity (Wildman–Crippen MR) is 135 cm³/mol. The van der Waals surface area contributed by atoms with Crippen molar-refractivity contribution in [1.29, 1.82) is 0 Å². The highest BCUT2D eigenvalue weighted by Gasteiger charge is 2.34. The Kier molecular flexibility index (Phi) is 7.25. The third-order valence-electron chi connectivity index (χ3n) is 7.47. The van der Waals surface area contributed by atoms with Crippen LogP contribution < -0.4 is 15.2 Å². The van der Waals surface area contributed by atoms with Crippen molar-refractivity contribution < 1.29 is 22.3 Å². The average molecular weight is 503 g/mol. The zero-order chi connectivity index (χ0) is 25.4. The van der Waals surface area contributed by atoms with Crippen molar-refractivity contribution in [3.63, 3.8) is 0 Å². The molecule has 8 heteroatoms. The van der Waals surface area contributed by atoms with Gasteiger partial charge in [0.25, 0.3) is 0 Å². The Morgan fingerprint density at radius 2 is 1.89 bits per heavy atom. The Hall–Kier alpha value is -2.45. The quantitative estimate of drug-likeness (QED) is 0.542. The first kappa shape index (κ1) is 25.6. The van der Waals surface area contributed by atoms with E-state index in [0.717, 1.165) is 44.1 Å². The smallest absolute Gasteiger partial charge is 0.243 e. The molecule has 35 heavy (non-hydrogen) atoms. The molecule has 0 saturated heterocycles. The molecule has 2 fully saturated rings. The molecule has 0 aliphatic heterocycles. The van der Waals surface area contributed by atoms with Gasteiger partial charge in [0, 0.05) is 11.6 Å². The van der Waals surface area contributed by atoms with Gasteiger partial charge in [-0.2, -0.15) is 0 Å². The van der Waals surface area contributed by atoms with Gasteiger partial charge in [0.15, 0.2) is 0 Å². The number of carbonyl (C=O) groups is 1. The van der Waals surface area contributed by atoms with E-state index in [4.69, 9.17) is 10.5 Å². The lowest BCUT2D eigenvalue weighted by atomic mass is 9.76. The molecule has 2 atom stereocenters. The van der Waals surface area contributed by atoms with Crippen molar-refractivity contribution in [1.82, 2.24) is 4.72 Å². The third kappa shape index (κ3) is 5.38. The highest BCUT2D eigenvalue weighted by Crippen LogP contribution is 2.45. The Morgan fingerprint density at radius 3 is 2.49 bits per heavy atom. The van der Waals surface area contributed by atoms with Crippen LogP contribution in [0.4, 0.5) is 4.39 Å². The minimum Gasteiger partial charge on any atom is -0.490 e. The number of hydrogen-bond donors (Lipinski definition) is 2. The molecule has 2 aliphatic carbocycles. The maximum Gasteiger partial charge on any atom is 0.243 e. The van der Waals surface area contributed by atoms with Crippen LogP contribution in [0, 0.1) is 5.82 Å². The number of hydrogen-bond acceptors (Lipinski definition) is 5. The number of sulfonamides is 1. The molecule has 0 heterocycles. The summed E-state index contributed by atoms with van der Waals surface area (Å²) >= 11 is 0. The average Bonchev–Trinajstić information content (AvgIpc) is 3.18. The van der Waals surface area contributed by atoms with Crippen molar-refractivity contribution in [2.45, 2.75) is 82.8 Å². The fraction of sp³-hybridized carbons (Fsp3) is 0.519. The number of carbonyl (C=O) groups excluding carboxylic acids is 1. The maximum atomic E-state index is 15.1. The largest absolute Gasteiger partial charge is 0.490 e. The van der Waals surface area contributed by atoms with Gasteiger partial charge in [0.05, 0.1) is 11.2 Å². The summed E-state index contributed by atoms with van der Waals surface area (Å²) in [7, 11) is -3.71. The molecule has 0 spiro atoms. The lowest BCUT2D eigenvalue weighted by Crippen LogP contribution is -2.43. The number of ether oxygens (including phenoxy) is 1. The molecule has 0 radical (unpaired) electrons. The lowest BCUT2D eigenvalue weighted by Gasteiger charge is -2.30. The Balaban J connectivity index is 1.79. The van der Waals surface area contributed by atoms with Gasteiger partial charge < -0.3 is 10.5 Å². The van der Waals surface area contributed by atoms with Gasteiger partial charge in [0.2, 0.25) is 15.9 Å². The van der Waals surface area contributed by atoms with Crippen LogP contribution in [0.25, 0.3) is 11.1 Å². The van der Waals surface area contributed by atoms with Gasteiger partial charge in [-0.25, -0.2) is 12.8 Å². The summed E-state index contributed by atoms with van der Waals surface area (Å²) in [6, 6.07) is 10.6. The number of amides is 1. The first-order valence-electron chi connectivity index (χ1n) is 12.4. The lowest BCUT2D eigenvalue weighted by molar-refractivity contribution is -0.123. The molecule has 0 unspecified atom stereocenters. The van der Waals surface area contributed by atoms with Gasteiger partial charge in [-0.3, -0.25) is 9.52 Å². The van der Waals surface area contributed by atoms with E-state index in [-0.39, 0.29) is 29.6 Å². The van der Waals surface area contributed by atoms with E-state index < -0.39 is 21.3 Å². The van der Waals surface area contributed by atoms with Crippen LogP contribution in [0.3, 0.4) is 0 Å². The number of rotatable bonds is 8. The molecule has 2 saturated carbocycles. The predicted octanol–water partition coefficient (Wildman–Crippen LogP) is 4.76. The van der Waals surface area contributed by atoms with Crippen LogP contribution in [0.2, 0.25) is 0 Å². The summed E-state index contributed by atoms with van der Waals surface area (Å²) in [5, 5.41) is 0. The molecule has 0 bridgehead atoms. The molecule has 2 aromatic rings. The molecule has 6 nitrogen and oxygen atoms in total. The minimum absolute atomic E-state index is 0.0266. The number of nitrogens with one attached hydrogen (secondary N) is 1. The second kappa shape index (κ2) is 9.90. The second-order valence-corrected chi connectivity index (χ2v) is 12.3. The fourth-order valence-electron chi connectivity index (χ4n) is 4.85. The first-order valence-corrected chi connectivity index (χ1v) is 14.1. The fourth-order valence-corrected chi connectivity index (χ4v) is 5.53. The van der Waals surface area contributed by atoms with E-state index >= 15 is 4.39 Å². The standard InChI is InChI=1S/C27H35FN2O4S/c1-4-35(32,33)30-26(31)27(2,3)18-11-14-24(34-20-13-12-19(29)16-20)22(15-18)21-9-6-10-23(28)25(21)17-7-5-8-17/h6,9-11,14-15,17,19-20H,4-5,7-8,12-13,16,29H2,1-3H3,(H,30,31)/t19-,20-/m1/s1. The highest BCUT2D eigenvalue weighted by molar-refractivity contribution is 7.90. The van der Waals surface area contributed by atoms with Crippen LogP contribution in [-0.2, 0) is 20.2 Å². The molecule has 2 aliphatic rings.